The minimum atomic E-state index is -3.69. The highest BCUT2D eigenvalue weighted by Crippen LogP contribution is 2.24. The van der Waals surface area contributed by atoms with Gasteiger partial charge in [-0.15, -0.1) is 11.6 Å². The highest BCUT2D eigenvalue weighted by atomic mass is 35.5. The molecule has 0 aliphatic carbocycles. The molecule has 6 nitrogen and oxygen atoms in total. The summed E-state index contributed by atoms with van der Waals surface area (Å²) >= 11 is 5.79. The van der Waals surface area contributed by atoms with E-state index in [2.05, 4.69) is 4.72 Å². The lowest BCUT2D eigenvalue weighted by molar-refractivity contribution is -0.385. The molecule has 18 heavy (non-hydrogen) atoms. The Hall–Kier alpha value is -1.18. The molecule has 0 aromatic heterocycles. The van der Waals surface area contributed by atoms with Gasteiger partial charge < -0.3 is 0 Å². The van der Waals surface area contributed by atoms with Crippen LogP contribution in [0.1, 0.15) is 12.5 Å². The first kappa shape index (κ1) is 14.9. The molecular weight excluding hydrogens is 280 g/mol. The van der Waals surface area contributed by atoms with Crippen LogP contribution in [0.3, 0.4) is 0 Å². The molecule has 1 atom stereocenters. The molecular formula is C10H13ClN2O4S. The molecule has 0 radical (unpaired) electrons. The van der Waals surface area contributed by atoms with Crippen LogP contribution in [0.25, 0.3) is 0 Å². The van der Waals surface area contributed by atoms with Crippen molar-refractivity contribution >= 4 is 27.3 Å². The van der Waals surface area contributed by atoms with Crippen molar-refractivity contribution in [2.24, 2.45) is 0 Å². The van der Waals surface area contributed by atoms with Crippen LogP contribution in [-0.4, -0.2) is 25.8 Å². The lowest BCUT2D eigenvalue weighted by Gasteiger charge is -2.07. The Kier molecular flexibility index (Phi) is 4.66. The van der Waals surface area contributed by atoms with E-state index in [4.69, 9.17) is 11.6 Å². The third kappa shape index (κ3) is 3.41. The zero-order valence-electron chi connectivity index (χ0n) is 9.88. The molecule has 0 saturated carbocycles. The smallest absolute Gasteiger partial charge is 0.258 e. The quantitative estimate of drug-likeness (QED) is 0.508. The van der Waals surface area contributed by atoms with E-state index in [9.17, 15) is 18.5 Å². The van der Waals surface area contributed by atoms with Gasteiger partial charge >= 0.3 is 0 Å². The third-order valence-corrected chi connectivity index (χ3v) is 3.90. The second-order valence-corrected chi connectivity index (χ2v) is 6.37. The molecule has 1 aromatic rings. The van der Waals surface area contributed by atoms with Crippen molar-refractivity contribution in [1.82, 2.24) is 4.72 Å². The Morgan fingerprint density at radius 1 is 1.50 bits per heavy atom. The summed E-state index contributed by atoms with van der Waals surface area (Å²) in [5.74, 6) is 0. The van der Waals surface area contributed by atoms with Gasteiger partial charge in [0.25, 0.3) is 5.69 Å². The first-order chi connectivity index (χ1) is 8.27. The summed E-state index contributed by atoms with van der Waals surface area (Å²) in [6.45, 7) is 1.71. The number of nitro groups is 1. The number of nitrogens with zero attached hydrogens (tertiary/aromatic N) is 1. The van der Waals surface area contributed by atoms with Gasteiger partial charge in [0.2, 0.25) is 10.0 Å². The summed E-state index contributed by atoms with van der Waals surface area (Å²) in [5, 5.41) is 10.6. The van der Waals surface area contributed by atoms with Crippen LogP contribution in [0.2, 0.25) is 0 Å². The fourth-order valence-corrected chi connectivity index (χ4v) is 2.39. The van der Waals surface area contributed by atoms with Crippen LogP contribution in [0, 0.1) is 10.1 Å². The van der Waals surface area contributed by atoms with Crippen molar-refractivity contribution in [2.75, 3.05) is 7.05 Å². The molecule has 8 heteroatoms. The van der Waals surface area contributed by atoms with Gasteiger partial charge in [-0.1, -0.05) is 6.07 Å². The van der Waals surface area contributed by atoms with Crippen molar-refractivity contribution in [1.29, 1.82) is 0 Å². The number of benzene rings is 1. The molecule has 0 aliphatic heterocycles. The SMILES string of the molecule is CNS(=O)(=O)c1ccc(CC(C)Cl)c([N+](=O)[O-])c1. The molecule has 1 aromatic carbocycles. The first-order valence-corrected chi connectivity index (χ1v) is 7.05. The highest BCUT2D eigenvalue weighted by molar-refractivity contribution is 7.89. The van der Waals surface area contributed by atoms with Gasteiger partial charge in [-0.2, -0.15) is 0 Å². The largest absolute Gasteiger partial charge is 0.273 e. The Morgan fingerprint density at radius 2 is 2.11 bits per heavy atom. The van der Waals surface area contributed by atoms with E-state index in [1.807, 2.05) is 0 Å². The van der Waals surface area contributed by atoms with Crippen molar-refractivity contribution in [2.45, 2.75) is 23.6 Å². The van der Waals surface area contributed by atoms with Crippen LogP contribution < -0.4 is 4.72 Å². The molecule has 1 unspecified atom stereocenters. The average Bonchev–Trinajstić information content (AvgIpc) is 2.28. The van der Waals surface area contributed by atoms with Gasteiger partial charge in [-0.3, -0.25) is 10.1 Å². The summed E-state index contributed by atoms with van der Waals surface area (Å²) in [5.41, 5.74) is 0.177. The number of nitro benzene ring substituents is 1. The Balaban J connectivity index is 3.32. The number of hydrogen-bond acceptors (Lipinski definition) is 4. The van der Waals surface area contributed by atoms with Gasteiger partial charge in [0.05, 0.1) is 9.82 Å². The summed E-state index contributed by atoms with van der Waals surface area (Å²) in [7, 11) is -2.44. The molecule has 0 bridgehead atoms. The fourth-order valence-electron chi connectivity index (χ4n) is 1.47. The van der Waals surface area contributed by atoms with Crippen LogP contribution in [-0.2, 0) is 16.4 Å². The molecule has 1 N–H and O–H groups in total. The Labute approximate surface area is 110 Å². The first-order valence-electron chi connectivity index (χ1n) is 5.13. The predicted octanol–water partition coefficient (Wildman–Crippen LogP) is 1.67. The molecule has 1 rings (SSSR count). The second-order valence-electron chi connectivity index (χ2n) is 3.74. The lowest BCUT2D eigenvalue weighted by atomic mass is 10.1. The van der Waals surface area contributed by atoms with Crippen LogP contribution >= 0.6 is 11.6 Å². The number of rotatable bonds is 5. The molecule has 0 amide bonds. The van der Waals surface area contributed by atoms with Gasteiger partial charge in [0.15, 0.2) is 0 Å². The summed E-state index contributed by atoms with van der Waals surface area (Å²) in [6, 6.07) is 3.79. The highest BCUT2D eigenvalue weighted by Gasteiger charge is 2.20. The standard InChI is InChI=1S/C10H13ClN2O4S/c1-7(11)5-8-3-4-9(18(16,17)12-2)6-10(8)13(14)15/h3-4,6-7,12H,5H2,1-2H3. The number of alkyl halides is 1. The number of nitrogens with one attached hydrogen (secondary N) is 1. The monoisotopic (exact) mass is 292 g/mol. The van der Waals surface area contributed by atoms with E-state index in [1.165, 1.54) is 19.2 Å². The van der Waals surface area contributed by atoms with Crippen molar-refractivity contribution in [3.63, 3.8) is 0 Å². The van der Waals surface area contributed by atoms with Crippen LogP contribution in [0.4, 0.5) is 5.69 Å². The normalized spacial score (nSPS) is 13.3. The minimum absolute atomic E-state index is 0.136. The Morgan fingerprint density at radius 3 is 2.56 bits per heavy atom. The Bertz CT molecular complexity index is 557. The maximum Gasteiger partial charge on any atom is 0.273 e. The van der Waals surface area contributed by atoms with E-state index >= 15 is 0 Å². The van der Waals surface area contributed by atoms with Crippen molar-refractivity contribution in [3.8, 4) is 0 Å². The average molecular weight is 293 g/mol. The zero-order chi connectivity index (χ0) is 13.9. The second kappa shape index (κ2) is 5.64. The van der Waals surface area contributed by atoms with Gasteiger partial charge in [0, 0.05) is 17.0 Å². The summed E-state index contributed by atoms with van der Waals surface area (Å²) < 4.78 is 25.2. The summed E-state index contributed by atoms with van der Waals surface area (Å²) in [6.07, 6.45) is 0.303. The molecule has 0 saturated heterocycles. The molecule has 100 valence electrons. The van der Waals surface area contributed by atoms with E-state index in [0.29, 0.717) is 12.0 Å². The number of sulfonamides is 1. The van der Waals surface area contributed by atoms with Gasteiger partial charge in [-0.25, -0.2) is 13.1 Å². The van der Waals surface area contributed by atoms with Crippen LogP contribution in [0.15, 0.2) is 23.1 Å². The van der Waals surface area contributed by atoms with Crippen molar-refractivity contribution in [3.05, 3.63) is 33.9 Å². The van der Waals surface area contributed by atoms with Gasteiger partial charge in [-0.05, 0) is 26.5 Å². The topological polar surface area (TPSA) is 89.3 Å². The van der Waals surface area contributed by atoms with Crippen molar-refractivity contribution < 1.29 is 13.3 Å². The molecule has 0 heterocycles. The van der Waals surface area contributed by atoms with Gasteiger partial charge in [0.1, 0.15) is 0 Å². The molecule has 0 fully saturated rings. The van der Waals surface area contributed by atoms with E-state index in [1.54, 1.807) is 6.92 Å². The maximum atomic E-state index is 11.5. The van der Waals surface area contributed by atoms with E-state index in [-0.39, 0.29) is 16.0 Å². The number of hydrogen-bond donors (Lipinski definition) is 1. The fraction of sp³-hybridized carbons (Fsp3) is 0.400. The van der Waals surface area contributed by atoms with E-state index < -0.39 is 14.9 Å². The summed E-state index contributed by atoms with van der Waals surface area (Å²) in [4.78, 5) is 10.2. The molecule has 0 aliphatic rings. The van der Waals surface area contributed by atoms with E-state index in [0.717, 1.165) is 6.07 Å². The van der Waals surface area contributed by atoms with Crippen LogP contribution in [0.5, 0.6) is 0 Å². The predicted molar refractivity (Wildman–Crippen MR) is 68.4 cm³/mol. The third-order valence-electron chi connectivity index (χ3n) is 2.33. The number of halogens is 1. The lowest BCUT2D eigenvalue weighted by Crippen LogP contribution is -2.19. The molecule has 0 spiro atoms. The minimum Gasteiger partial charge on any atom is -0.258 e. The zero-order valence-corrected chi connectivity index (χ0v) is 11.5. The maximum absolute atomic E-state index is 11.5.